The van der Waals surface area contributed by atoms with Crippen LogP contribution in [0.2, 0.25) is 5.02 Å². The molecule has 0 radical (unpaired) electrons. The molecule has 0 fully saturated rings. The topological polar surface area (TPSA) is 32.9 Å². The lowest BCUT2D eigenvalue weighted by atomic mass is 10.1. The van der Waals surface area contributed by atoms with Crippen molar-refractivity contribution >= 4 is 28.1 Å². The summed E-state index contributed by atoms with van der Waals surface area (Å²) in [5.74, 6) is 0. The number of benzene rings is 1. The fourth-order valence-electron chi connectivity index (χ4n) is 1.49. The van der Waals surface area contributed by atoms with Gasteiger partial charge in [0.05, 0.1) is 0 Å². The van der Waals surface area contributed by atoms with E-state index in [0.29, 0.717) is 10.6 Å². The van der Waals surface area contributed by atoms with Gasteiger partial charge in [0, 0.05) is 16.1 Å². The Morgan fingerprint density at radius 1 is 1.40 bits per heavy atom. The first-order chi connectivity index (χ1) is 7.08. The molecule has 0 amide bonds. The van der Waals surface area contributed by atoms with Crippen LogP contribution >= 0.6 is 11.6 Å². The number of nitrogens with one attached hydrogen (secondary N) is 1. The summed E-state index contributed by atoms with van der Waals surface area (Å²) in [4.78, 5) is 14.4. The van der Waals surface area contributed by atoms with Gasteiger partial charge in [-0.15, -0.1) is 0 Å². The van der Waals surface area contributed by atoms with Crippen LogP contribution in [-0.4, -0.2) is 4.98 Å². The molecule has 0 saturated carbocycles. The van der Waals surface area contributed by atoms with Crippen molar-refractivity contribution in [2.24, 2.45) is 0 Å². The molecule has 0 spiro atoms. The van der Waals surface area contributed by atoms with Crippen LogP contribution < -0.4 is 5.56 Å². The van der Waals surface area contributed by atoms with E-state index in [1.807, 2.05) is 19.1 Å². The predicted octanol–water partition coefficient (Wildman–Crippen LogP) is 3.21. The number of aromatic nitrogens is 1. The summed E-state index contributed by atoms with van der Waals surface area (Å²) < 4.78 is 0. The molecule has 2 aromatic rings. The first kappa shape index (κ1) is 9.99. The van der Waals surface area contributed by atoms with Crippen molar-refractivity contribution in [3.63, 3.8) is 0 Å². The molecule has 1 aromatic carbocycles. The van der Waals surface area contributed by atoms with Gasteiger partial charge >= 0.3 is 0 Å². The molecule has 15 heavy (non-hydrogen) atoms. The number of allylic oxidation sites excluding steroid dienone is 1. The van der Waals surface area contributed by atoms with Crippen LogP contribution in [0.3, 0.4) is 0 Å². The van der Waals surface area contributed by atoms with Crippen molar-refractivity contribution in [2.75, 3.05) is 0 Å². The number of pyridine rings is 1. The molecule has 2 rings (SSSR count). The highest BCUT2D eigenvalue weighted by atomic mass is 35.5. The molecular weight excluding hydrogens is 210 g/mol. The van der Waals surface area contributed by atoms with E-state index in [9.17, 15) is 4.79 Å². The molecule has 3 heteroatoms. The Kier molecular flexibility index (Phi) is 2.37. The molecule has 2 nitrogen and oxygen atoms in total. The monoisotopic (exact) mass is 219 g/mol. The van der Waals surface area contributed by atoms with Gasteiger partial charge in [0.15, 0.2) is 0 Å². The van der Waals surface area contributed by atoms with Gasteiger partial charge < -0.3 is 4.98 Å². The average Bonchev–Trinajstić information content (AvgIpc) is 2.15. The molecule has 1 heterocycles. The molecule has 0 aliphatic carbocycles. The second-order valence-electron chi connectivity index (χ2n) is 3.52. The van der Waals surface area contributed by atoms with Gasteiger partial charge in [-0.3, -0.25) is 4.79 Å². The third kappa shape index (κ3) is 1.81. The summed E-state index contributed by atoms with van der Waals surface area (Å²) in [7, 11) is 0. The van der Waals surface area contributed by atoms with Crippen LogP contribution in [-0.2, 0) is 0 Å². The normalized spacial score (nSPS) is 10.5. The van der Waals surface area contributed by atoms with Crippen LogP contribution in [0.4, 0.5) is 0 Å². The van der Waals surface area contributed by atoms with E-state index in [1.165, 1.54) is 0 Å². The summed E-state index contributed by atoms with van der Waals surface area (Å²) in [6.07, 6.45) is 0. The Labute approximate surface area is 92.2 Å². The number of fused-ring (bicyclic) bond motifs is 1. The van der Waals surface area contributed by atoms with Crippen molar-refractivity contribution in [2.45, 2.75) is 6.92 Å². The lowest BCUT2D eigenvalue weighted by Gasteiger charge is -2.02. The maximum absolute atomic E-state index is 11.6. The van der Waals surface area contributed by atoms with Crippen LogP contribution in [0.1, 0.15) is 12.5 Å². The molecule has 1 N–H and O–H groups in total. The van der Waals surface area contributed by atoms with E-state index in [4.69, 9.17) is 11.6 Å². The first-order valence-electron chi connectivity index (χ1n) is 4.56. The van der Waals surface area contributed by atoms with Crippen LogP contribution in [0.15, 0.2) is 35.6 Å². The van der Waals surface area contributed by atoms with Crippen LogP contribution in [0, 0.1) is 0 Å². The molecular formula is C12H10ClNO. The quantitative estimate of drug-likeness (QED) is 0.785. The van der Waals surface area contributed by atoms with E-state index < -0.39 is 0 Å². The molecule has 76 valence electrons. The Morgan fingerprint density at radius 2 is 2.13 bits per heavy atom. The Morgan fingerprint density at radius 3 is 2.80 bits per heavy atom. The number of hydrogen-bond acceptors (Lipinski definition) is 1. The highest BCUT2D eigenvalue weighted by Crippen LogP contribution is 2.18. The SMILES string of the molecule is C=C(C)c1cc2ccc(Cl)cc2[nH]c1=O. The lowest BCUT2D eigenvalue weighted by molar-refractivity contribution is 1.28. The number of hydrogen-bond donors (Lipinski definition) is 1. The summed E-state index contributed by atoms with van der Waals surface area (Å²) in [6.45, 7) is 5.58. The number of rotatable bonds is 1. The standard InChI is InChI=1S/C12H10ClNO/c1-7(2)10-5-8-3-4-9(13)6-11(8)14-12(10)15/h3-6H,1H2,2H3,(H,14,15). The van der Waals surface area contributed by atoms with Crippen molar-refractivity contribution < 1.29 is 0 Å². The van der Waals surface area contributed by atoms with Gasteiger partial charge in [-0.25, -0.2) is 0 Å². The first-order valence-corrected chi connectivity index (χ1v) is 4.94. The predicted molar refractivity (Wildman–Crippen MR) is 64.3 cm³/mol. The van der Waals surface area contributed by atoms with E-state index in [2.05, 4.69) is 11.6 Å². The second kappa shape index (κ2) is 3.55. The van der Waals surface area contributed by atoms with Gasteiger partial charge in [-0.1, -0.05) is 24.2 Å². The third-order valence-electron chi connectivity index (χ3n) is 2.27. The van der Waals surface area contributed by atoms with Gasteiger partial charge in [0.25, 0.3) is 5.56 Å². The molecule has 0 saturated heterocycles. The van der Waals surface area contributed by atoms with E-state index in [-0.39, 0.29) is 5.56 Å². The second-order valence-corrected chi connectivity index (χ2v) is 3.96. The fraction of sp³-hybridized carbons (Fsp3) is 0.0833. The Balaban J connectivity index is 2.82. The Bertz CT molecular complexity index is 598. The average molecular weight is 220 g/mol. The van der Waals surface area contributed by atoms with Gasteiger partial charge in [-0.05, 0) is 36.1 Å². The number of halogens is 1. The number of aromatic amines is 1. The molecule has 1 aromatic heterocycles. The zero-order valence-corrected chi connectivity index (χ0v) is 9.06. The maximum atomic E-state index is 11.6. The maximum Gasteiger partial charge on any atom is 0.255 e. The molecule has 0 aliphatic rings. The zero-order chi connectivity index (χ0) is 11.0. The molecule has 0 atom stereocenters. The molecule has 0 bridgehead atoms. The summed E-state index contributed by atoms with van der Waals surface area (Å²) in [5, 5.41) is 1.57. The lowest BCUT2D eigenvalue weighted by Crippen LogP contribution is -2.10. The van der Waals surface area contributed by atoms with Gasteiger partial charge in [0.2, 0.25) is 0 Å². The van der Waals surface area contributed by atoms with E-state index in [0.717, 1.165) is 16.5 Å². The Hall–Kier alpha value is -1.54. The van der Waals surface area contributed by atoms with E-state index >= 15 is 0 Å². The molecule has 0 unspecified atom stereocenters. The van der Waals surface area contributed by atoms with Crippen molar-refractivity contribution in [3.05, 3.63) is 51.8 Å². The zero-order valence-electron chi connectivity index (χ0n) is 8.30. The number of H-pyrrole nitrogens is 1. The summed E-state index contributed by atoms with van der Waals surface area (Å²) in [5.41, 5.74) is 1.99. The minimum absolute atomic E-state index is 0.128. The van der Waals surface area contributed by atoms with Gasteiger partial charge in [-0.2, -0.15) is 0 Å². The van der Waals surface area contributed by atoms with E-state index in [1.54, 1.807) is 12.1 Å². The summed E-state index contributed by atoms with van der Waals surface area (Å²) >= 11 is 5.83. The minimum Gasteiger partial charge on any atom is -0.321 e. The minimum atomic E-state index is -0.128. The largest absolute Gasteiger partial charge is 0.321 e. The highest BCUT2D eigenvalue weighted by molar-refractivity contribution is 6.31. The third-order valence-corrected chi connectivity index (χ3v) is 2.50. The van der Waals surface area contributed by atoms with Gasteiger partial charge in [0.1, 0.15) is 0 Å². The van der Waals surface area contributed by atoms with Crippen molar-refractivity contribution in [3.8, 4) is 0 Å². The molecule has 0 aliphatic heterocycles. The van der Waals surface area contributed by atoms with Crippen LogP contribution in [0.5, 0.6) is 0 Å². The van der Waals surface area contributed by atoms with Crippen molar-refractivity contribution in [1.82, 2.24) is 4.98 Å². The summed E-state index contributed by atoms with van der Waals surface area (Å²) in [6, 6.07) is 7.23. The smallest absolute Gasteiger partial charge is 0.255 e. The van der Waals surface area contributed by atoms with Crippen molar-refractivity contribution in [1.29, 1.82) is 0 Å². The van der Waals surface area contributed by atoms with Crippen LogP contribution in [0.25, 0.3) is 16.5 Å². The fourth-order valence-corrected chi connectivity index (χ4v) is 1.66. The highest BCUT2D eigenvalue weighted by Gasteiger charge is 2.03.